The van der Waals surface area contributed by atoms with Crippen molar-refractivity contribution in [2.24, 2.45) is 5.73 Å². The highest BCUT2D eigenvalue weighted by atomic mass is 32.2. The number of carbonyl (C=O) groups excluding carboxylic acids is 3. The lowest BCUT2D eigenvalue weighted by atomic mass is 10.2. The number of fused-ring (bicyclic) bond motifs is 1. The predicted molar refractivity (Wildman–Crippen MR) is 75.7 cm³/mol. The maximum Gasteiger partial charge on any atom is 0.412 e. The van der Waals surface area contributed by atoms with Crippen molar-refractivity contribution in [1.29, 1.82) is 0 Å². The number of nitrogens with zero attached hydrogens (tertiary/aromatic N) is 2. The fourth-order valence-corrected chi connectivity index (χ4v) is 3.59. The molecule has 1 fully saturated rings. The van der Waals surface area contributed by atoms with E-state index in [9.17, 15) is 14.4 Å². The molecule has 1 aromatic carbocycles. The summed E-state index contributed by atoms with van der Waals surface area (Å²) in [4.78, 5) is 39.1. The Hall–Kier alpha value is -2.22. The number of thioether (sulfide) groups is 1. The Morgan fingerprint density at radius 2 is 2.10 bits per heavy atom. The summed E-state index contributed by atoms with van der Waals surface area (Å²) in [5.41, 5.74) is 5.94. The van der Waals surface area contributed by atoms with E-state index in [0.29, 0.717) is 0 Å². The van der Waals surface area contributed by atoms with Gasteiger partial charge in [0, 0.05) is 11.9 Å². The number of hydrogen-bond donors (Lipinski definition) is 1. The van der Waals surface area contributed by atoms with Crippen molar-refractivity contribution in [3.63, 3.8) is 0 Å². The Bertz CT molecular complexity index is 636. The first-order valence-corrected chi connectivity index (χ1v) is 7.17. The van der Waals surface area contributed by atoms with Crippen molar-refractivity contribution in [2.75, 3.05) is 18.5 Å². The largest absolute Gasteiger partial charge is 0.434 e. The summed E-state index contributed by atoms with van der Waals surface area (Å²) >= 11 is 1.27. The predicted octanol–water partition coefficient (Wildman–Crippen LogP) is 0.387. The highest BCUT2D eigenvalue weighted by Gasteiger charge is 2.45. The lowest BCUT2D eigenvalue weighted by molar-refractivity contribution is -0.124. The minimum Gasteiger partial charge on any atom is -0.434 e. The van der Waals surface area contributed by atoms with Crippen LogP contribution < -0.4 is 10.6 Å². The van der Waals surface area contributed by atoms with Gasteiger partial charge in [0.15, 0.2) is 11.5 Å². The summed E-state index contributed by atoms with van der Waals surface area (Å²) in [5, 5.41) is -0.748. The van der Waals surface area contributed by atoms with Gasteiger partial charge in [0.1, 0.15) is 0 Å². The Balaban J connectivity index is 1.89. The van der Waals surface area contributed by atoms with Gasteiger partial charge in [-0.1, -0.05) is 23.9 Å². The van der Waals surface area contributed by atoms with E-state index in [2.05, 4.69) is 0 Å². The van der Waals surface area contributed by atoms with Gasteiger partial charge in [-0.25, -0.2) is 4.79 Å². The van der Waals surface area contributed by atoms with Crippen LogP contribution in [0.2, 0.25) is 0 Å². The summed E-state index contributed by atoms with van der Waals surface area (Å²) in [5.74, 6) is -0.950. The second kappa shape index (κ2) is 4.96. The zero-order valence-electron chi connectivity index (χ0n) is 11.2. The molecule has 1 aromatic rings. The van der Waals surface area contributed by atoms with Crippen LogP contribution in [0, 0.1) is 0 Å². The number of primary amides is 1. The van der Waals surface area contributed by atoms with Gasteiger partial charge in [-0.3, -0.25) is 14.5 Å². The SMILES string of the molecule is CN1C(=O)C(N2C[C@H](C(N)=O)OC2=O)Sc2ccccc21. The van der Waals surface area contributed by atoms with Crippen LogP contribution in [0.25, 0.3) is 0 Å². The number of para-hydroxylation sites is 1. The van der Waals surface area contributed by atoms with E-state index in [4.69, 9.17) is 10.5 Å². The molecule has 2 aliphatic rings. The van der Waals surface area contributed by atoms with Crippen molar-refractivity contribution < 1.29 is 19.1 Å². The average Bonchev–Trinajstić information content (AvgIpc) is 2.85. The van der Waals surface area contributed by atoms with E-state index < -0.39 is 23.5 Å². The van der Waals surface area contributed by atoms with E-state index in [1.165, 1.54) is 21.6 Å². The Labute approximate surface area is 125 Å². The zero-order valence-corrected chi connectivity index (χ0v) is 12.0. The van der Waals surface area contributed by atoms with Gasteiger partial charge in [-0.15, -0.1) is 0 Å². The summed E-state index contributed by atoms with van der Waals surface area (Å²) < 4.78 is 4.89. The van der Waals surface area contributed by atoms with Crippen LogP contribution in [0.3, 0.4) is 0 Å². The van der Waals surface area contributed by atoms with Crippen molar-refractivity contribution in [2.45, 2.75) is 16.4 Å². The fourth-order valence-electron chi connectivity index (χ4n) is 2.31. The van der Waals surface area contributed by atoms with Crippen molar-refractivity contribution >= 4 is 35.4 Å². The molecule has 0 aromatic heterocycles. The van der Waals surface area contributed by atoms with Crippen LogP contribution in [0.1, 0.15) is 0 Å². The number of anilines is 1. The quantitative estimate of drug-likeness (QED) is 0.853. The van der Waals surface area contributed by atoms with Gasteiger partial charge in [0.05, 0.1) is 12.2 Å². The van der Waals surface area contributed by atoms with E-state index in [-0.39, 0.29) is 12.5 Å². The maximum atomic E-state index is 12.4. The number of rotatable bonds is 2. The number of nitrogens with two attached hydrogens (primary N) is 1. The third kappa shape index (κ3) is 2.21. The van der Waals surface area contributed by atoms with Gasteiger partial charge >= 0.3 is 6.09 Å². The zero-order chi connectivity index (χ0) is 15.1. The first kappa shape index (κ1) is 13.7. The normalized spacial score (nSPS) is 24.8. The first-order chi connectivity index (χ1) is 9.99. The summed E-state index contributed by atoms with van der Waals surface area (Å²) in [6, 6.07) is 7.42. The van der Waals surface area contributed by atoms with E-state index in [1.54, 1.807) is 7.05 Å². The molecular formula is C13H13N3O4S. The molecule has 110 valence electrons. The van der Waals surface area contributed by atoms with E-state index in [0.717, 1.165) is 10.6 Å². The van der Waals surface area contributed by atoms with Crippen LogP contribution in [-0.2, 0) is 14.3 Å². The molecular weight excluding hydrogens is 294 g/mol. The molecule has 2 aliphatic heterocycles. The minimum atomic E-state index is -1.01. The molecule has 0 aliphatic carbocycles. The topological polar surface area (TPSA) is 92.9 Å². The van der Waals surface area contributed by atoms with Crippen LogP contribution >= 0.6 is 11.8 Å². The van der Waals surface area contributed by atoms with E-state index in [1.807, 2.05) is 24.3 Å². The lowest BCUT2D eigenvalue weighted by Crippen LogP contribution is -2.49. The van der Waals surface area contributed by atoms with Gasteiger partial charge in [-0.2, -0.15) is 0 Å². The second-order valence-corrected chi connectivity index (χ2v) is 5.88. The van der Waals surface area contributed by atoms with Crippen molar-refractivity contribution in [3.05, 3.63) is 24.3 Å². The number of cyclic esters (lactones) is 1. The molecule has 0 saturated carbocycles. The number of benzene rings is 1. The summed E-state index contributed by atoms with van der Waals surface area (Å²) in [6.45, 7) is -0.00637. The van der Waals surface area contributed by atoms with Gasteiger partial charge in [0.25, 0.3) is 11.8 Å². The molecule has 2 N–H and O–H groups in total. The fraction of sp³-hybridized carbons (Fsp3) is 0.308. The standard InChI is InChI=1S/C13H13N3O4S/c1-15-7-4-2-3-5-9(7)21-12(11(15)18)16-6-8(10(14)17)20-13(16)19/h2-5,8,12H,6H2,1H3,(H2,14,17)/t8-,12?/m1/s1. The Kier molecular flexibility index (Phi) is 3.25. The van der Waals surface area contributed by atoms with Crippen LogP contribution in [-0.4, -0.2) is 47.9 Å². The lowest BCUT2D eigenvalue weighted by Gasteiger charge is -2.34. The third-order valence-electron chi connectivity index (χ3n) is 3.45. The second-order valence-electron chi connectivity index (χ2n) is 4.76. The molecule has 1 saturated heterocycles. The third-order valence-corrected chi connectivity index (χ3v) is 4.73. The average molecular weight is 307 g/mol. The summed E-state index contributed by atoms with van der Waals surface area (Å²) in [6.07, 6.45) is -1.70. The molecule has 2 heterocycles. The number of carbonyl (C=O) groups is 3. The van der Waals surface area contributed by atoms with Crippen LogP contribution in [0.5, 0.6) is 0 Å². The Morgan fingerprint density at radius 1 is 1.38 bits per heavy atom. The van der Waals surface area contributed by atoms with E-state index >= 15 is 0 Å². The molecule has 0 bridgehead atoms. The van der Waals surface area contributed by atoms with Crippen molar-refractivity contribution in [1.82, 2.24) is 4.90 Å². The van der Waals surface area contributed by atoms with Crippen LogP contribution in [0.4, 0.5) is 10.5 Å². The molecule has 21 heavy (non-hydrogen) atoms. The number of ether oxygens (including phenoxy) is 1. The minimum absolute atomic E-state index is 0.00637. The maximum absolute atomic E-state index is 12.4. The molecule has 0 spiro atoms. The Morgan fingerprint density at radius 3 is 2.76 bits per heavy atom. The number of hydrogen-bond acceptors (Lipinski definition) is 5. The highest BCUT2D eigenvalue weighted by molar-refractivity contribution is 8.00. The molecule has 8 heteroatoms. The van der Waals surface area contributed by atoms with Gasteiger partial charge < -0.3 is 15.4 Å². The monoisotopic (exact) mass is 307 g/mol. The van der Waals surface area contributed by atoms with Crippen molar-refractivity contribution in [3.8, 4) is 0 Å². The molecule has 0 radical (unpaired) electrons. The van der Waals surface area contributed by atoms with Gasteiger partial charge in [0.2, 0.25) is 0 Å². The number of amides is 3. The smallest absolute Gasteiger partial charge is 0.412 e. The molecule has 3 amide bonds. The molecule has 2 atom stereocenters. The van der Waals surface area contributed by atoms with Gasteiger partial charge in [-0.05, 0) is 12.1 Å². The van der Waals surface area contributed by atoms with Crippen LogP contribution in [0.15, 0.2) is 29.2 Å². The first-order valence-electron chi connectivity index (χ1n) is 6.29. The molecule has 7 nitrogen and oxygen atoms in total. The highest BCUT2D eigenvalue weighted by Crippen LogP contribution is 2.40. The summed E-state index contributed by atoms with van der Waals surface area (Å²) in [7, 11) is 1.65. The molecule has 3 rings (SSSR count). The number of likely N-dealkylation sites (N-methyl/N-ethyl adjacent to an activating group) is 1. The molecule has 1 unspecified atom stereocenters.